The molecule has 0 bridgehead atoms. The maximum atomic E-state index is 14.0. The fourth-order valence-corrected chi connectivity index (χ4v) is 6.36. The van der Waals surface area contributed by atoms with Crippen molar-refractivity contribution >= 4 is 11.7 Å². The van der Waals surface area contributed by atoms with Crippen LogP contribution in [0.4, 0.5) is 19.0 Å². The molecule has 6 rings (SSSR count). The minimum Gasteiger partial charge on any atom is -0.379 e. The van der Waals surface area contributed by atoms with Crippen LogP contribution < -0.4 is 10.2 Å². The van der Waals surface area contributed by atoms with Crippen molar-refractivity contribution in [3.8, 4) is 11.5 Å². The molecule has 3 aliphatic rings. The molecule has 0 spiro atoms. The van der Waals surface area contributed by atoms with Crippen LogP contribution in [-0.4, -0.2) is 84.1 Å². The molecule has 0 radical (unpaired) electrons. The fourth-order valence-electron chi connectivity index (χ4n) is 6.36. The number of benzene rings is 1. The third-order valence-electron chi connectivity index (χ3n) is 8.86. The molecule has 1 aromatic carbocycles. The molecule has 236 valence electrons. The lowest BCUT2D eigenvalue weighted by Gasteiger charge is -2.38. The lowest BCUT2D eigenvalue weighted by molar-refractivity contribution is -0.137. The van der Waals surface area contributed by atoms with Crippen LogP contribution >= 0.6 is 0 Å². The smallest absolute Gasteiger partial charge is 0.379 e. The van der Waals surface area contributed by atoms with Gasteiger partial charge in [0.05, 0.1) is 18.3 Å². The van der Waals surface area contributed by atoms with E-state index < -0.39 is 11.7 Å². The Morgan fingerprint density at radius 1 is 1.07 bits per heavy atom. The zero-order valence-electron chi connectivity index (χ0n) is 25.1. The van der Waals surface area contributed by atoms with Gasteiger partial charge in [0.15, 0.2) is 11.5 Å². The van der Waals surface area contributed by atoms with Crippen LogP contribution in [-0.2, 0) is 28.6 Å². The first kappa shape index (κ1) is 30.5. The van der Waals surface area contributed by atoms with Crippen LogP contribution in [0.1, 0.15) is 57.8 Å². The van der Waals surface area contributed by atoms with Crippen molar-refractivity contribution in [2.45, 2.75) is 70.4 Å². The predicted octanol–water partition coefficient (Wildman–Crippen LogP) is 4.33. The van der Waals surface area contributed by atoms with Crippen molar-refractivity contribution < 1.29 is 32.0 Å². The van der Waals surface area contributed by atoms with Gasteiger partial charge in [-0.05, 0) is 62.8 Å². The molecule has 1 N–H and O–H groups in total. The molecule has 44 heavy (non-hydrogen) atoms. The van der Waals surface area contributed by atoms with E-state index in [9.17, 15) is 18.0 Å². The molecule has 13 heteroatoms. The van der Waals surface area contributed by atoms with Crippen LogP contribution in [0.5, 0.6) is 0 Å². The molecule has 2 atom stereocenters. The summed E-state index contributed by atoms with van der Waals surface area (Å²) in [5.41, 5.74) is 2.01. The Morgan fingerprint density at radius 2 is 1.86 bits per heavy atom. The number of ether oxygens (including phenoxy) is 2. The summed E-state index contributed by atoms with van der Waals surface area (Å²) in [4.78, 5) is 27.2. The van der Waals surface area contributed by atoms with E-state index in [0.717, 1.165) is 30.9 Å². The van der Waals surface area contributed by atoms with Crippen molar-refractivity contribution in [2.75, 3.05) is 44.9 Å². The number of likely N-dealkylation sites (tertiary alicyclic amines) is 1. The highest BCUT2D eigenvalue weighted by Crippen LogP contribution is 2.34. The number of hydrogen-bond acceptors (Lipinski definition) is 9. The van der Waals surface area contributed by atoms with E-state index in [1.807, 2.05) is 9.80 Å². The Morgan fingerprint density at radius 3 is 2.57 bits per heavy atom. The highest BCUT2D eigenvalue weighted by atomic mass is 19.4. The summed E-state index contributed by atoms with van der Waals surface area (Å²) < 4.78 is 56.8. The third-order valence-corrected chi connectivity index (χ3v) is 8.86. The number of anilines is 1. The number of hydrogen-bond donors (Lipinski definition) is 1. The number of aromatic nitrogens is 3. The lowest BCUT2D eigenvalue weighted by Crippen LogP contribution is -2.54. The highest BCUT2D eigenvalue weighted by molar-refractivity contribution is 5.95. The Kier molecular flexibility index (Phi) is 8.62. The zero-order valence-corrected chi connectivity index (χ0v) is 25.1. The first-order chi connectivity index (χ1) is 21.1. The number of nitrogens with zero attached hydrogens (tertiary/aromatic N) is 5. The number of alkyl halides is 3. The van der Waals surface area contributed by atoms with Crippen LogP contribution in [0.25, 0.3) is 11.5 Å². The van der Waals surface area contributed by atoms with Crippen molar-refractivity contribution in [1.82, 2.24) is 25.3 Å². The molecule has 0 saturated carbocycles. The summed E-state index contributed by atoms with van der Waals surface area (Å²) in [6.45, 7) is 6.71. The van der Waals surface area contributed by atoms with Gasteiger partial charge >= 0.3 is 6.18 Å². The number of piperidine rings is 1. The van der Waals surface area contributed by atoms with Crippen LogP contribution in [0.2, 0.25) is 0 Å². The summed E-state index contributed by atoms with van der Waals surface area (Å²) in [5.74, 6) is 1.11. The van der Waals surface area contributed by atoms with Crippen LogP contribution in [0.3, 0.4) is 0 Å². The molecule has 3 aromatic rings. The van der Waals surface area contributed by atoms with E-state index in [2.05, 4.69) is 15.5 Å². The van der Waals surface area contributed by atoms with Gasteiger partial charge in [-0.2, -0.15) is 13.2 Å². The topological polar surface area (TPSA) is 106 Å². The Balaban J connectivity index is 1.24. The van der Waals surface area contributed by atoms with Gasteiger partial charge in [0.25, 0.3) is 5.91 Å². The number of rotatable bonds is 6. The number of aryl methyl sites for hydroxylation is 1. The van der Waals surface area contributed by atoms with E-state index in [1.54, 1.807) is 33.1 Å². The maximum Gasteiger partial charge on any atom is 0.416 e. The number of amides is 1. The number of methoxy groups -OCH3 is 1. The SMILES string of the molecule is CO[C@H]1COCC[C@H]1NC1CCN(C(=O)c2nc(-c3cc(C)on3)nc(N3CCc4ccc(C(F)(F)F)cc4C3)c2C)CC1. The number of fused-ring (bicyclic) bond motifs is 1. The summed E-state index contributed by atoms with van der Waals surface area (Å²) in [6.07, 6.45) is -1.42. The average Bonchev–Trinajstić information content (AvgIpc) is 3.46. The van der Waals surface area contributed by atoms with Crippen molar-refractivity contribution in [3.05, 3.63) is 58.0 Å². The monoisotopic (exact) mass is 614 g/mol. The highest BCUT2D eigenvalue weighted by Gasteiger charge is 2.34. The van der Waals surface area contributed by atoms with Gasteiger partial charge in [0, 0.05) is 63.6 Å². The average molecular weight is 615 g/mol. The molecular weight excluding hydrogens is 577 g/mol. The summed E-state index contributed by atoms with van der Waals surface area (Å²) >= 11 is 0. The van der Waals surface area contributed by atoms with E-state index in [-0.39, 0.29) is 42.2 Å². The van der Waals surface area contributed by atoms with Crippen LogP contribution in [0.15, 0.2) is 28.8 Å². The summed E-state index contributed by atoms with van der Waals surface area (Å²) in [6, 6.07) is 6.05. The van der Waals surface area contributed by atoms with Crippen LogP contribution in [0, 0.1) is 13.8 Å². The molecule has 2 saturated heterocycles. The van der Waals surface area contributed by atoms with E-state index in [1.165, 1.54) is 6.07 Å². The maximum absolute atomic E-state index is 14.0. The van der Waals surface area contributed by atoms with Gasteiger partial charge in [-0.1, -0.05) is 11.2 Å². The quantitative estimate of drug-likeness (QED) is 0.435. The second kappa shape index (κ2) is 12.4. The Labute approximate surface area is 253 Å². The van der Waals surface area contributed by atoms with E-state index in [4.69, 9.17) is 19.0 Å². The molecular formula is C31H37F3N6O4. The molecule has 10 nitrogen and oxygen atoms in total. The number of carbonyl (C=O) groups is 1. The van der Waals surface area contributed by atoms with E-state index in [0.29, 0.717) is 67.7 Å². The first-order valence-electron chi connectivity index (χ1n) is 15.0. The second-order valence-corrected chi connectivity index (χ2v) is 11.8. The number of halogens is 3. The van der Waals surface area contributed by atoms with Gasteiger partial charge in [-0.25, -0.2) is 9.97 Å². The van der Waals surface area contributed by atoms with Crippen molar-refractivity contribution in [2.24, 2.45) is 0 Å². The Hall–Kier alpha value is -3.55. The second-order valence-electron chi connectivity index (χ2n) is 11.8. The first-order valence-corrected chi connectivity index (χ1v) is 15.0. The fraction of sp³-hybridized carbons (Fsp3) is 0.548. The standard InChI is InChI=1S/C31H37F3N6O4/c1-18-14-25(38-44-18)28-36-27(30(41)39-11-7-23(8-12-39)35-24-9-13-43-17-26(24)42-3)19(2)29(37-28)40-10-6-20-4-5-22(31(32,33)34)15-21(20)16-40/h4-5,14-15,23-24,26,35H,6-13,16-17H2,1-3H3/t24-,26+/m1/s1. The van der Waals surface area contributed by atoms with Gasteiger partial charge in [0.1, 0.15) is 17.3 Å². The van der Waals surface area contributed by atoms with Gasteiger partial charge in [0.2, 0.25) is 0 Å². The number of nitrogens with one attached hydrogen (secondary N) is 1. The molecule has 2 fully saturated rings. The largest absolute Gasteiger partial charge is 0.416 e. The molecule has 3 aliphatic heterocycles. The van der Waals surface area contributed by atoms with Gasteiger partial charge < -0.3 is 29.1 Å². The van der Waals surface area contributed by atoms with E-state index >= 15 is 0 Å². The summed E-state index contributed by atoms with van der Waals surface area (Å²) in [5, 5.41) is 7.78. The summed E-state index contributed by atoms with van der Waals surface area (Å²) in [7, 11) is 1.70. The third kappa shape index (κ3) is 6.31. The van der Waals surface area contributed by atoms with Crippen molar-refractivity contribution in [1.29, 1.82) is 0 Å². The van der Waals surface area contributed by atoms with Gasteiger partial charge in [-0.15, -0.1) is 0 Å². The number of carbonyl (C=O) groups excluding carboxylic acids is 1. The molecule has 2 aromatic heterocycles. The predicted molar refractivity (Wildman–Crippen MR) is 155 cm³/mol. The molecule has 0 aliphatic carbocycles. The zero-order chi connectivity index (χ0) is 31.0. The minimum absolute atomic E-state index is 0.00546. The lowest BCUT2D eigenvalue weighted by atomic mass is 9.96. The van der Waals surface area contributed by atoms with Crippen molar-refractivity contribution in [3.63, 3.8) is 0 Å². The minimum atomic E-state index is -4.43. The van der Waals surface area contributed by atoms with Gasteiger partial charge in [-0.3, -0.25) is 4.79 Å². The molecule has 1 amide bonds. The Bertz CT molecular complexity index is 1500. The molecule has 0 unspecified atom stereocenters. The normalized spacial score (nSPS) is 21.4. The molecule has 5 heterocycles.